The number of nitrogen functional groups attached to an aromatic ring is 1. The number of rotatable bonds is 4. The van der Waals surface area contributed by atoms with Gasteiger partial charge in [-0.1, -0.05) is 6.92 Å². The maximum Gasteiger partial charge on any atom is 0.161 e. The molecule has 1 unspecified atom stereocenters. The van der Waals surface area contributed by atoms with Crippen molar-refractivity contribution in [2.75, 3.05) is 38.3 Å². The van der Waals surface area contributed by atoms with Crippen LogP contribution in [0.15, 0.2) is 0 Å². The fraction of sp³-hybridized carbons (Fsp3) is 0.714. The topological polar surface area (TPSA) is 85.5 Å². The fourth-order valence-corrected chi connectivity index (χ4v) is 2.89. The number of aromatic nitrogens is 2. The Morgan fingerprint density at radius 3 is 3.10 bits per heavy atom. The van der Waals surface area contributed by atoms with Crippen LogP contribution in [0.5, 0.6) is 0 Å². The first kappa shape index (κ1) is 14.6. The van der Waals surface area contributed by atoms with Gasteiger partial charge < -0.3 is 14.9 Å². The first-order valence-electron chi connectivity index (χ1n) is 7.59. The number of anilines is 1. The standard InChI is InChI=1S/C14H23N5O2/c1-2-4-19-5-7-21-12(8-19)14-16-11-3-6-20-9-10(11)13(17-14)18-15/h12H,2-9,15H2,1H3,(H,16,17,18). The van der Waals surface area contributed by atoms with Gasteiger partial charge in [0.15, 0.2) is 5.82 Å². The molecule has 3 N–H and O–H groups in total. The van der Waals surface area contributed by atoms with E-state index in [9.17, 15) is 0 Å². The lowest BCUT2D eigenvalue weighted by molar-refractivity contribution is -0.0344. The molecule has 0 radical (unpaired) electrons. The van der Waals surface area contributed by atoms with Gasteiger partial charge in [-0.3, -0.25) is 4.90 Å². The van der Waals surface area contributed by atoms with Crippen LogP contribution in [-0.4, -0.2) is 47.7 Å². The van der Waals surface area contributed by atoms with Gasteiger partial charge in [0, 0.05) is 25.1 Å². The van der Waals surface area contributed by atoms with Gasteiger partial charge in [0.05, 0.1) is 25.5 Å². The zero-order chi connectivity index (χ0) is 14.7. The van der Waals surface area contributed by atoms with Crippen LogP contribution < -0.4 is 11.3 Å². The van der Waals surface area contributed by atoms with Crippen molar-refractivity contribution in [1.82, 2.24) is 14.9 Å². The first-order chi connectivity index (χ1) is 10.3. The molecule has 7 heteroatoms. The number of hydrogen-bond donors (Lipinski definition) is 2. The summed E-state index contributed by atoms with van der Waals surface area (Å²) in [6.45, 7) is 7.03. The number of nitrogens with two attached hydrogens (primary N) is 1. The molecule has 116 valence electrons. The SMILES string of the molecule is CCCN1CCOC(c2nc3c(c(NN)n2)COCC3)C1. The Kier molecular flexibility index (Phi) is 4.64. The highest BCUT2D eigenvalue weighted by Crippen LogP contribution is 2.26. The van der Waals surface area contributed by atoms with E-state index in [2.05, 4.69) is 22.2 Å². The number of nitrogens with zero attached hydrogens (tertiary/aromatic N) is 3. The van der Waals surface area contributed by atoms with E-state index in [1.54, 1.807) is 0 Å². The number of nitrogens with one attached hydrogen (secondary N) is 1. The molecular formula is C14H23N5O2. The largest absolute Gasteiger partial charge is 0.376 e. The van der Waals surface area contributed by atoms with E-state index in [1.807, 2.05) is 0 Å². The third kappa shape index (κ3) is 3.16. The van der Waals surface area contributed by atoms with Gasteiger partial charge in [-0.25, -0.2) is 15.8 Å². The molecule has 1 aromatic heterocycles. The zero-order valence-electron chi connectivity index (χ0n) is 12.5. The van der Waals surface area contributed by atoms with Crippen LogP contribution in [0.25, 0.3) is 0 Å². The average Bonchev–Trinajstić information content (AvgIpc) is 2.54. The Balaban J connectivity index is 1.84. The smallest absolute Gasteiger partial charge is 0.161 e. The van der Waals surface area contributed by atoms with Crippen LogP contribution in [0.1, 0.15) is 36.5 Å². The van der Waals surface area contributed by atoms with Crippen LogP contribution in [0.4, 0.5) is 5.82 Å². The van der Waals surface area contributed by atoms with Crippen molar-refractivity contribution in [3.05, 3.63) is 17.1 Å². The molecule has 1 aromatic rings. The Labute approximate surface area is 124 Å². The van der Waals surface area contributed by atoms with Crippen LogP contribution >= 0.6 is 0 Å². The van der Waals surface area contributed by atoms with Crippen LogP contribution in [-0.2, 0) is 22.5 Å². The molecule has 0 amide bonds. The molecule has 0 saturated carbocycles. The summed E-state index contributed by atoms with van der Waals surface area (Å²) in [6.07, 6.45) is 1.86. The fourth-order valence-electron chi connectivity index (χ4n) is 2.89. The van der Waals surface area contributed by atoms with E-state index in [-0.39, 0.29) is 6.10 Å². The number of ether oxygens (including phenoxy) is 2. The molecular weight excluding hydrogens is 270 g/mol. The third-order valence-electron chi connectivity index (χ3n) is 3.95. The van der Waals surface area contributed by atoms with E-state index < -0.39 is 0 Å². The van der Waals surface area contributed by atoms with E-state index >= 15 is 0 Å². The van der Waals surface area contributed by atoms with Gasteiger partial charge in [-0.2, -0.15) is 0 Å². The average molecular weight is 293 g/mol. The number of fused-ring (bicyclic) bond motifs is 1. The third-order valence-corrected chi connectivity index (χ3v) is 3.95. The summed E-state index contributed by atoms with van der Waals surface area (Å²) >= 11 is 0. The Morgan fingerprint density at radius 1 is 1.38 bits per heavy atom. The summed E-state index contributed by atoms with van der Waals surface area (Å²) in [5.74, 6) is 6.98. The van der Waals surface area contributed by atoms with Gasteiger partial charge in [0.1, 0.15) is 11.9 Å². The maximum atomic E-state index is 5.86. The van der Waals surface area contributed by atoms with Crippen molar-refractivity contribution in [1.29, 1.82) is 0 Å². The quantitative estimate of drug-likeness (QED) is 0.621. The van der Waals surface area contributed by atoms with Crippen LogP contribution in [0.2, 0.25) is 0 Å². The molecule has 2 aliphatic rings. The normalized spacial score (nSPS) is 22.9. The predicted molar refractivity (Wildman–Crippen MR) is 78.6 cm³/mol. The molecule has 21 heavy (non-hydrogen) atoms. The Bertz CT molecular complexity index is 477. The van der Waals surface area contributed by atoms with E-state index in [0.29, 0.717) is 19.0 Å². The van der Waals surface area contributed by atoms with E-state index in [0.717, 1.165) is 56.2 Å². The lowest BCUT2D eigenvalue weighted by Crippen LogP contribution is -2.39. The van der Waals surface area contributed by atoms with Crippen molar-refractivity contribution in [3.63, 3.8) is 0 Å². The molecule has 0 aliphatic carbocycles. The second-order valence-electron chi connectivity index (χ2n) is 5.46. The van der Waals surface area contributed by atoms with Gasteiger partial charge in [-0.15, -0.1) is 0 Å². The summed E-state index contributed by atoms with van der Waals surface area (Å²) in [7, 11) is 0. The molecule has 3 rings (SSSR count). The molecule has 1 atom stereocenters. The lowest BCUT2D eigenvalue weighted by Gasteiger charge is -2.32. The van der Waals surface area contributed by atoms with Crippen molar-refractivity contribution in [3.8, 4) is 0 Å². The minimum absolute atomic E-state index is 0.0782. The minimum Gasteiger partial charge on any atom is -0.376 e. The number of hydrazine groups is 1. The highest BCUT2D eigenvalue weighted by atomic mass is 16.5. The summed E-state index contributed by atoms with van der Waals surface area (Å²) < 4.78 is 11.3. The molecule has 3 heterocycles. The molecule has 1 fully saturated rings. The lowest BCUT2D eigenvalue weighted by atomic mass is 10.1. The van der Waals surface area contributed by atoms with Gasteiger partial charge in [0.2, 0.25) is 0 Å². The van der Waals surface area contributed by atoms with Crippen molar-refractivity contribution < 1.29 is 9.47 Å². The second kappa shape index (κ2) is 6.65. The molecule has 1 saturated heterocycles. The van der Waals surface area contributed by atoms with E-state index in [1.165, 1.54) is 0 Å². The molecule has 7 nitrogen and oxygen atoms in total. The van der Waals surface area contributed by atoms with E-state index in [4.69, 9.17) is 20.3 Å². The van der Waals surface area contributed by atoms with Crippen molar-refractivity contribution >= 4 is 5.82 Å². The summed E-state index contributed by atoms with van der Waals surface area (Å²) in [5, 5.41) is 0. The summed E-state index contributed by atoms with van der Waals surface area (Å²) in [4.78, 5) is 11.6. The minimum atomic E-state index is -0.0782. The molecule has 2 aliphatic heterocycles. The molecule has 0 aromatic carbocycles. The first-order valence-corrected chi connectivity index (χ1v) is 7.59. The van der Waals surface area contributed by atoms with Gasteiger partial charge >= 0.3 is 0 Å². The van der Waals surface area contributed by atoms with Gasteiger partial charge in [-0.05, 0) is 13.0 Å². The molecule has 0 spiro atoms. The molecule has 0 bridgehead atoms. The zero-order valence-corrected chi connectivity index (χ0v) is 12.5. The monoisotopic (exact) mass is 293 g/mol. The van der Waals surface area contributed by atoms with Crippen LogP contribution in [0, 0.1) is 0 Å². The number of hydrogen-bond acceptors (Lipinski definition) is 7. The maximum absolute atomic E-state index is 5.86. The number of morpholine rings is 1. The Hall–Kier alpha value is -1.28. The highest BCUT2D eigenvalue weighted by Gasteiger charge is 2.26. The highest BCUT2D eigenvalue weighted by molar-refractivity contribution is 5.46. The summed E-state index contributed by atoms with van der Waals surface area (Å²) in [5.41, 5.74) is 4.66. The van der Waals surface area contributed by atoms with Crippen molar-refractivity contribution in [2.24, 2.45) is 5.84 Å². The predicted octanol–water partition coefficient (Wildman–Crippen LogP) is 0.618. The summed E-state index contributed by atoms with van der Waals surface area (Å²) in [6, 6.07) is 0. The van der Waals surface area contributed by atoms with Crippen LogP contribution in [0.3, 0.4) is 0 Å². The van der Waals surface area contributed by atoms with Gasteiger partial charge in [0.25, 0.3) is 0 Å². The second-order valence-corrected chi connectivity index (χ2v) is 5.46. The Morgan fingerprint density at radius 2 is 2.29 bits per heavy atom. The van der Waals surface area contributed by atoms with Crippen molar-refractivity contribution in [2.45, 2.75) is 32.5 Å².